The molecule has 0 saturated carbocycles. The lowest BCUT2D eigenvalue weighted by molar-refractivity contribution is -0.119. The number of imide groups is 1. The van der Waals surface area contributed by atoms with E-state index in [0.29, 0.717) is 5.16 Å². The molecule has 1 unspecified atom stereocenters. The molecule has 0 bridgehead atoms. The highest BCUT2D eigenvalue weighted by molar-refractivity contribution is 8.00. The maximum absolute atomic E-state index is 11.8. The van der Waals surface area contributed by atoms with E-state index in [-0.39, 0.29) is 0 Å². The molecule has 128 valence electrons. The highest BCUT2D eigenvalue weighted by Gasteiger charge is 2.20. The van der Waals surface area contributed by atoms with Gasteiger partial charge in [0.1, 0.15) is 0 Å². The van der Waals surface area contributed by atoms with Gasteiger partial charge in [-0.1, -0.05) is 37.2 Å². The number of nitrogens with one attached hydrogen (secondary N) is 1. The van der Waals surface area contributed by atoms with Crippen molar-refractivity contribution in [3.63, 3.8) is 0 Å². The number of carbonyl (C=O) groups excluding carboxylic acids is 2. The summed E-state index contributed by atoms with van der Waals surface area (Å²) in [4.78, 5) is 22.5. The summed E-state index contributed by atoms with van der Waals surface area (Å²) in [5.41, 5.74) is 7.02. The van der Waals surface area contributed by atoms with E-state index >= 15 is 0 Å². The fourth-order valence-electron chi connectivity index (χ4n) is 2.03. The van der Waals surface area contributed by atoms with Gasteiger partial charge in [0.15, 0.2) is 0 Å². The first-order chi connectivity index (χ1) is 11.5. The smallest absolute Gasteiger partial charge is 0.318 e. The van der Waals surface area contributed by atoms with Gasteiger partial charge in [-0.05, 0) is 47.9 Å². The van der Waals surface area contributed by atoms with Gasteiger partial charge in [-0.2, -0.15) is 4.68 Å². The number of benzene rings is 1. The Kier molecular flexibility index (Phi) is 6.30. The predicted molar refractivity (Wildman–Crippen MR) is 90.8 cm³/mol. The average molecular weight is 348 g/mol. The minimum absolute atomic E-state index is 0.462. The predicted octanol–water partition coefficient (Wildman–Crippen LogP) is 1.68. The van der Waals surface area contributed by atoms with Crippen LogP contribution in [0.5, 0.6) is 0 Å². The number of hydrogen-bond acceptors (Lipinski definition) is 6. The van der Waals surface area contributed by atoms with Crippen molar-refractivity contribution in [2.24, 2.45) is 5.73 Å². The van der Waals surface area contributed by atoms with E-state index in [1.807, 2.05) is 29.6 Å². The summed E-state index contributed by atoms with van der Waals surface area (Å²) in [6.45, 7) is 3.81. The van der Waals surface area contributed by atoms with Crippen LogP contribution in [-0.4, -0.2) is 37.4 Å². The lowest BCUT2D eigenvalue weighted by atomic mass is 10.1. The first-order valence-electron chi connectivity index (χ1n) is 7.66. The van der Waals surface area contributed by atoms with Gasteiger partial charge >= 0.3 is 6.03 Å². The molecule has 2 aromatic rings. The van der Waals surface area contributed by atoms with Gasteiger partial charge in [0.25, 0.3) is 0 Å². The summed E-state index contributed by atoms with van der Waals surface area (Å²) in [5.74, 6) is -0.489. The zero-order valence-corrected chi connectivity index (χ0v) is 14.4. The summed E-state index contributed by atoms with van der Waals surface area (Å²) < 4.78 is 1.56. The largest absolute Gasteiger partial charge is 0.351 e. The van der Waals surface area contributed by atoms with Gasteiger partial charge in [-0.25, -0.2) is 4.79 Å². The number of unbranched alkanes of at least 4 members (excludes halogenated alkanes) is 1. The Morgan fingerprint density at radius 1 is 1.33 bits per heavy atom. The van der Waals surface area contributed by atoms with Crippen LogP contribution in [0, 0.1) is 0 Å². The number of tetrazole rings is 1. The molecule has 0 saturated heterocycles. The molecule has 8 nitrogen and oxygen atoms in total. The molecule has 0 aliphatic carbocycles. The van der Waals surface area contributed by atoms with Gasteiger partial charge in [-0.3, -0.25) is 10.1 Å². The molecule has 0 aliphatic heterocycles. The van der Waals surface area contributed by atoms with Gasteiger partial charge in [0.05, 0.1) is 10.9 Å². The number of thioether (sulfide) groups is 1. The summed E-state index contributed by atoms with van der Waals surface area (Å²) in [6, 6.07) is 7.10. The van der Waals surface area contributed by atoms with E-state index in [1.54, 1.807) is 11.6 Å². The normalized spacial score (nSPS) is 11.9. The monoisotopic (exact) mass is 348 g/mol. The molecule has 0 aliphatic rings. The molecule has 0 spiro atoms. The molecule has 1 aromatic carbocycles. The van der Waals surface area contributed by atoms with Crippen molar-refractivity contribution in [2.75, 3.05) is 0 Å². The zero-order valence-electron chi connectivity index (χ0n) is 13.6. The first-order valence-corrected chi connectivity index (χ1v) is 8.54. The van der Waals surface area contributed by atoms with E-state index < -0.39 is 17.2 Å². The van der Waals surface area contributed by atoms with Gasteiger partial charge < -0.3 is 5.73 Å². The van der Waals surface area contributed by atoms with Crippen molar-refractivity contribution in [2.45, 2.75) is 43.5 Å². The number of carbonyl (C=O) groups is 2. The highest BCUT2D eigenvalue weighted by atomic mass is 32.2. The quantitative estimate of drug-likeness (QED) is 0.736. The lowest BCUT2D eigenvalue weighted by Crippen LogP contribution is -2.39. The number of amides is 3. The average Bonchev–Trinajstić information content (AvgIpc) is 3.00. The summed E-state index contributed by atoms with van der Waals surface area (Å²) in [6.07, 6.45) is 3.34. The van der Waals surface area contributed by atoms with Gasteiger partial charge in [0, 0.05) is 0 Å². The second kappa shape index (κ2) is 8.44. The van der Waals surface area contributed by atoms with Crippen molar-refractivity contribution < 1.29 is 9.59 Å². The fourth-order valence-corrected chi connectivity index (χ4v) is 2.84. The Bertz CT molecular complexity index is 700. The third-order valence-electron chi connectivity index (χ3n) is 3.34. The summed E-state index contributed by atoms with van der Waals surface area (Å²) in [7, 11) is 0. The highest BCUT2D eigenvalue weighted by Crippen LogP contribution is 2.23. The van der Waals surface area contributed by atoms with Gasteiger partial charge in [0.2, 0.25) is 11.1 Å². The van der Waals surface area contributed by atoms with E-state index in [0.717, 1.165) is 36.7 Å². The van der Waals surface area contributed by atoms with Crippen LogP contribution >= 0.6 is 11.8 Å². The van der Waals surface area contributed by atoms with Crippen molar-refractivity contribution in [3.8, 4) is 5.69 Å². The number of aromatic nitrogens is 4. The Labute approximate surface area is 144 Å². The number of nitrogens with zero attached hydrogens (tertiary/aromatic N) is 4. The molecule has 1 aromatic heterocycles. The van der Waals surface area contributed by atoms with Crippen molar-refractivity contribution in [1.82, 2.24) is 25.5 Å². The Morgan fingerprint density at radius 2 is 2.04 bits per heavy atom. The fraction of sp³-hybridized carbons (Fsp3) is 0.400. The number of rotatable bonds is 7. The number of urea groups is 1. The van der Waals surface area contributed by atoms with Crippen LogP contribution in [0.15, 0.2) is 29.4 Å². The van der Waals surface area contributed by atoms with Crippen LogP contribution in [-0.2, 0) is 11.2 Å². The molecule has 24 heavy (non-hydrogen) atoms. The van der Waals surface area contributed by atoms with Crippen LogP contribution in [0.4, 0.5) is 4.79 Å². The van der Waals surface area contributed by atoms with Crippen LogP contribution in [0.25, 0.3) is 5.69 Å². The van der Waals surface area contributed by atoms with Crippen molar-refractivity contribution in [1.29, 1.82) is 0 Å². The van der Waals surface area contributed by atoms with Crippen molar-refractivity contribution in [3.05, 3.63) is 29.8 Å². The molecule has 0 radical (unpaired) electrons. The second-order valence-electron chi connectivity index (χ2n) is 5.26. The molecule has 9 heteroatoms. The van der Waals surface area contributed by atoms with Crippen LogP contribution in [0.3, 0.4) is 0 Å². The molecular weight excluding hydrogens is 328 g/mol. The lowest BCUT2D eigenvalue weighted by Gasteiger charge is -2.10. The molecule has 3 amide bonds. The molecule has 0 fully saturated rings. The van der Waals surface area contributed by atoms with Gasteiger partial charge in [-0.15, -0.1) is 5.10 Å². The third-order valence-corrected chi connectivity index (χ3v) is 4.37. The topological polar surface area (TPSA) is 116 Å². The standard InChI is InChI=1S/C15H20N6O2S/c1-3-4-5-11-6-8-12(9-7-11)21-15(18-19-20-21)24-10(2)13(22)17-14(16)23/h6-10H,3-5H2,1-2H3,(H3,16,17,22,23). The summed E-state index contributed by atoms with van der Waals surface area (Å²) in [5, 5.41) is 13.5. The van der Waals surface area contributed by atoms with Crippen molar-refractivity contribution >= 4 is 23.7 Å². The van der Waals surface area contributed by atoms with E-state index in [9.17, 15) is 9.59 Å². The van der Waals surface area contributed by atoms with Crippen LogP contribution in [0.1, 0.15) is 32.3 Å². The Balaban J connectivity index is 2.09. The minimum Gasteiger partial charge on any atom is -0.351 e. The SMILES string of the molecule is CCCCc1ccc(-n2nnnc2SC(C)C(=O)NC(N)=O)cc1. The molecule has 1 atom stereocenters. The number of nitrogens with two attached hydrogens (primary N) is 1. The summed E-state index contributed by atoms with van der Waals surface area (Å²) >= 11 is 1.15. The maximum atomic E-state index is 11.8. The van der Waals surface area contributed by atoms with E-state index in [4.69, 9.17) is 5.73 Å². The first kappa shape index (κ1) is 17.9. The molecule has 3 N–H and O–H groups in total. The number of primary amides is 1. The third kappa shape index (κ3) is 4.79. The number of hydrogen-bond donors (Lipinski definition) is 2. The Hall–Kier alpha value is -2.42. The second-order valence-corrected chi connectivity index (χ2v) is 6.56. The van der Waals surface area contributed by atoms with E-state index in [1.165, 1.54) is 5.56 Å². The minimum atomic E-state index is -0.880. The maximum Gasteiger partial charge on any atom is 0.318 e. The number of aryl methyl sites for hydroxylation is 1. The van der Waals surface area contributed by atoms with E-state index in [2.05, 4.69) is 22.4 Å². The molecule has 1 heterocycles. The van der Waals surface area contributed by atoms with Crippen LogP contribution in [0.2, 0.25) is 0 Å². The zero-order chi connectivity index (χ0) is 17.5. The Morgan fingerprint density at radius 3 is 2.67 bits per heavy atom. The molecule has 2 rings (SSSR count). The molecular formula is C15H20N6O2S. The van der Waals surface area contributed by atoms with Crippen LogP contribution < -0.4 is 11.1 Å².